The average molecular weight is 288 g/mol. The van der Waals surface area contributed by atoms with E-state index in [-0.39, 0.29) is 11.8 Å². The van der Waals surface area contributed by atoms with E-state index in [0.717, 1.165) is 0 Å². The van der Waals surface area contributed by atoms with Crippen LogP contribution in [0.3, 0.4) is 0 Å². The van der Waals surface area contributed by atoms with Crippen LogP contribution in [0.15, 0.2) is 0 Å². The molecule has 2 amide bonds. The van der Waals surface area contributed by atoms with E-state index in [9.17, 15) is 9.59 Å². The maximum Gasteiger partial charge on any atom is 0.240 e. The topological polar surface area (TPSA) is 162 Å². The van der Waals surface area contributed by atoms with Gasteiger partial charge in [-0.05, 0) is 31.7 Å². The lowest BCUT2D eigenvalue weighted by Gasteiger charge is -2.20. The van der Waals surface area contributed by atoms with Crippen molar-refractivity contribution in [3.05, 3.63) is 0 Å². The van der Waals surface area contributed by atoms with E-state index in [2.05, 4.69) is 10.6 Å². The van der Waals surface area contributed by atoms with Crippen molar-refractivity contribution >= 4 is 11.8 Å². The minimum Gasteiger partial charge on any atom is -0.368 e. The molecule has 8 nitrogen and oxygen atoms in total. The van der Waals surface area contributed by atoms with Crippen LogP contribution in [-0.2, 0) is 9.59 Å². The molecule has 20 heavy (non-hydrogen) atoms. The summed E-state index contributed by atoms with van der Waals surface area (Å²) in [5.41, 5.74) is 21.7. The number of carbonyl (C=O) groups is 2. The van der Waals surface area contributed by atoms with Crippen molar-refractivity contribution in [1.82, 2.24) is 10.6 Å². The monoisotopic (exact) mass is 288 g/mol. The minimum atomic E-state index is -0.681. The van der Waals surface area contributed by atoms with E-state index in [1.54, 1.807) is 0 Å². The Bertz CT molecular complexity index is 308. The standard InChI is InChI=1S/C12H28N6O2/c1-7(2)6-9(10(14)19)18-11(20)8(13)4-3-5-17-12(15)16/h7-9,12,17H,3-6,13,15-16H2,1-2H3,(H2,14,19)(H,18,20)/t8-,9-/m0/s1. The number of nitrogens with one attached hydrogen (secondary N) is 2. The largest absolute Gasteiger partial charge is 0.368 e. The van der Waals surface area contributed by atoms with Crippen molar-refractivity contribution in [3.63, 3.8) is 0 Å². The molecular weight excluding hydrogens is 260 g/mol. The highest BCUT2D eigenvalue weighted by molar-refractivity contribution is 5.88. The molecule has 0 aromatic carbocycles. The van der Waals surface area contributed by atoms with Crippen LogP contribution in [0, 0.1) is 5.92 Å². The van der Waals surface area contributed by atoms with Crippen LogP contribution in [0.1, 0.15) is 33.1 Å². The van der Waals surface area contributed by atoms with Gasteiger partial charge in [-0.15, -0.1) is 0 Å². The Morgan fingerprint density at radius 2 is 1.75 bits per heavy atom. The molecule has 0 aliphatic heterocycles. The molecule has 0 saturated heterocycles. The number of rotatable bonds is 10. The second-order valence-corrected chi connectivity index (χ2v) is 5.32. The number of primary amides is 1. The van der Waals surface area contributed by atoms with Gasteiger partial charge in [0.15, 0.2) is 0 Å². The summed E-state index contributed by atoms with van der Waals surface area (Å²) >= 11 is 0. The van der Waals surface area contributed by atoms with Crippen molar-refractivity contribution in [1.29, 1.82) is 0 Å². The predicted molar refractivity (Wildman–Crippen MR) is 78.0 cm³/mol. The van der Waals surface area contributed by atoms with Gasteiger partial charge in [-0.3, -0.25) is 14.9 Å². The molecular formula is C12H28N6O2. The SMILES string of the molecule is CC(C)C[C@H](NC(=O)[C@@H](N)CCCNC(N)N)C(N)=O. The van der Waals surface area contributed by atoms with Gasteiger partial charge in [0.05, 0.1) is 6.04 Å². The number of hydrogen-bond acceptors (Lipinski definition) is 6. The predicted octanol–water partition coefficient (Wildman–Crippen LogP) is -2.10. The summed E-state index contributed by atoms with van der Waals surface area (Å²) in [6.45, 7) is 4.47. The highest BCUT2D eigenvalue weighted by Gasteiger charge is 2.22. The molecule has 0 spiro atoms. The lowest BCUT2D eigenvalue weighted by molar-refractivity contribution is -0.128. The van der Waals surface area contributed by atoms with Gasteiger partial charge in [0, 0.05) is 0 Å². The Hall–Kier alpha value is -1.22. The Kier molecular flexibility index (Phi) is 9.06. The van der Waals surface area contributed by atoms with Crippen molar-refractivity contribution in [3.8, 4) is 0 Å². The molecule has 118 valence electrons. The highest BCUT2D eigenvalue weighted by atomic mass is 16.2. The number of hydrogen-bond donors (Lipinski definition) is 6. The number of carbonyl (C=O) groups excluding carboxylic acids is 2. The van der Waals surface area contributed by atoms with Gasteiger partial charge >= 0.3 is 0 Å². The van der Waals surface area contributed by atoms with Gasteiger partial charge in [0.25, 0.3) is 0 Å². The Morgan fingerprint density at radius 1 is 1.15 bits per heavy atom. The van der Waals surface area contributed by atoms with Crippen molar-refractivity contribution in [2.24, 2.45) is 28.9 Å². The molecule has 0 aromatic heterocycles. The summed E-state index contributed by atoms with van der Waals surface area (Å²) in [5, 5.41) is 5.41. The Balaban J connectivity index is 4.12. The van der Waals surface area contributed by atoms with Crippen LogP contribution in [0.5, 0.6) is 0 Å². The fourth-order valence-electron chi connectivity index (χ4n) is 1.72. The highest BCUT2D eigenvalue weighted by Crippen LogP contribution is 2.05. The normalized spacial score (nSPS) is 14.3. The van der Waals surface area contributed by atoms with Gasteiger partial charge in [0.1, 0.15) is 12.3 Å². The van der Waals surface area contributed by atoms with Gasteiger partial charge < -0.3 is 28.3 Å². The maximum atomic E-state index is 11.9. The fraction of sp³-hybridized carbons (Fsp3) is 0.833. The molecule has 0 fully saturated rings. The molecule has 0 heterocycles. The van der Waals surface area contributed by atoms with Crippen molar-refractivity contribution in [2.45, 2.75) is 51.5 Å². The first-order chi connectivity index (χ1) is 9.23. The Morgan fingerprint density at radius 3 is 2.20 bits per heavy atom. The van der Waals surface area contributed by atoms with Crippen LogP contribution in [0.4, 0.5) is 0 Å². The lowest BCUT2D eigenvalue weighted by Crippen LogP contribution is -2.51. The fourth-order valence-corrected chi connectivity index (χ4v) is 1.72. The van der Waals surface area contributed by atoms with Crippen LogP contribution in [0.2, 0.25) is 0 Å². The van der Waals surface area contributed by atoms with E-state index in [1.807, 2.05) is 13.8 Å². The minimum absolute atomic E-state index is 0.249. The van der Waals surface area contributed by atoms with Gasteiger partial charge in [-0.2, -0.15) is 0 Å². The second kappa shape index (κ2) is 9.65. The molecule has 0 aliphatic rings. The number of amides is 2. The molecule has 0 aromatic rings. The van der Waals surface area contributed by atoms with Crippen molar-refractivity contribution in [2.75, 3.05) is 6.54 Å². The smallest absolute Gasteiger partial charge is 0.240 e. The first-order valence-corrected chi connectivity index (χ1v) is 6.83. The maximum absolute atomic E-state index is 11.9. The lowest BCUT2D eigenvalue weighted by atomic mass is 10.0. The zero-order chi connectivity index (χ0) is 15.7. The molecule has 8 heteroatoms. The molecule has 2 atom stereocenters. The third-order valence-corrected chi connectivity index (χ3v) is 2.78. The average Bonchev–Trinajstić information content (AvgIpc) is 2.32. The van der Waals surface area contributed by atoms with Crippen LogP contribution < -0.4 is 33.6 Å². The van der Waals surface area contributed by atoms with Gasteiger partial charge in [-0.1, -0.05) is 13.8 Å². The first-order valence-electron chi connectivity index (χ1n) is 6.83. The van der Waals surface area contributed by atoms with E-state index in [1.165, 1.54) is 0 Å². The van der Waals surface area contributed by atoms with E-state index in [4.69, 9.17) is 22.9 Å². The molecule has 0 rings (SSSR count). The zero-order valence-electron chi connectivity index (χ0n) is 12.3. The van der Waals surface area contributed by atoms with Crippen LogP contribution in [0.25, 0.3) is 0 Å². The molecule has 10 N–H and O–H groups in total. The molecule has 0 radical (unpaired) electrons. The quantitative estimate of drug-likeness (QED) is 0.199. The third-order valence-electron chi connectivity index (χ3n) is 2.78. The first kappa shape index (κ1) is 18.8. The molecule has 0 saturated carbocycles. The Labute approximate surface area is 120 Å². The number of nitrogens with two attached hydrogens (primary N) is 4. The van der Waals surface area contributed by atoms with Gasteiger partial charge in [-0.25, -0.2) is 0 Å². The van der Waals surface area contributed by atoms with E-state index >= 15 is 0 Å². The molecule has 0 unspecified atom stereocenters. The third kappa shape index (κ3) is 8.81. The summed E-state index contributed by atoms with van der Waals surface area (Å²) < 4.78 is 0. The molecule has 0 aliphatic carbocycles. The summed E-state index contributed by atoms with van der Waals surface area (Å²) in [5.74, 6) is -0.666. The van der Waals surface area contributed by atoms with Crippen LogP contribution in [-0.4, -0.2) is 36.7 Å². The summed E-state index contributed by atoms with van der Waals surface area (Å²) in [4.78, 5) is 23.1. The zero-order valence-corrected chi connectivity index (χ0v) is 12.3. The summed E-state index contributed by atoms with van der Waals surface area (Å²) in [7, 11) is 0. The van der Waals surface area contributed by atoms with E-state index in [0.29, 0.717) is 25.8 Å². The molecule has 0 bridgehead atoms. The van der Waals surface area contributed by atoms with Crippen LogP contribution >= 0.6 is 0 Å². The summed E-state index contributed by atoms with van der Waals surface area (Å²) in [6, 6.07) is -1.36. The summed E-state index contributed by atoms with van der Waals surface area (Å²) in [6.07, 6.45) is 1.05. The second-order valence-electron chi connectivity index (χ2n) is 5.32. The van der Waals surface area contributed by atoms with Crippen molar-refractivity contribution < 1.29 is 9.59 Å². The van der Waals surface area contributed by atoms with Gasteiger partial charge in [0.2, 0.25) is 11.8 Å². The van der Waals surface area contributed by atoms with E-state index < -0.39 is 24.3 Å².